The van der Waals surface area contributed by atoms with Crippen molar-refractivity contribution in [2.75, 3.05) is 19.6 Å². The number of rotatable bonds is 2. The zero-order valence-corrected chi connectivity index (χ0v) is 8.98. The lowest BCUT2D eigenvalue weighted by molar-refractivity contribution is 0.121. The third-order valence-corrected chi connectivity index (χ3v) is 3.35. The molecule has 0 spiro atoms. The SMILES string of the molecule is CC(S)N1CCC(C)(CN)CC1. The van der Waals surface area contributed by atoms with E-state index in [2.05, 4.69) is 31.4 Å². The summed E-state index contributed by atoms with van der Waals surface area (Å²) in [5, 5.41) is 0.396. The Kier molecular flexibility index (Phi) is 3.44. The van der Waals surface area contributed by atoms with Crippen LogP contribution in [0.1, 0.15) is 26.7 Å². The van der Waals surface area contributed by atoms with Gasteiger partial charge in [0.1, 0.15) is 0 Å². The number of nitrogens with two attached hydrogens (primary N) is 1. The summed E-state index contributed by atoms with van der Waals surface area (Å²) in [5.41, 5.74) is 6.11. The van der Waals surface area contributed by atoms with Gasteiger partial charge in [0.2, 0.25) is 0 Å². The molecule has 1 aliphatic heterocycles. The molecule has 1 atom stereocenters. The molecule has 0 aromatic carbocycles. The molecule has 3 heteroatoms. The van der Waals surface area contributed by atoms with E-state index in [0.29, 0.717) is 10.8 Å². The minimum atomic E-state index is 0.388. The Labute approximate surface area is 80.9 Å². The van der Waals surface area contributed by atoms with Crippen LogP contribution in [0.2, 0.25) is 0 Å². The number of likely N-dealkylation sites (tertiary alicyclic amines) is 1. The molecule has 0 saturated carbocycles. The zero-order valence-electron chi connectivity index (χ0n) is 8.08. The van der Waals surface area contributed by atoms with Gasteiger partial charge in [0.15, 0.2) is 0 Å². The molecule has 1 saturated heterocycles. The second-order valence-corrected chi connectivity index (χ2v) is 4.93. The van der Waals surface area contributed by atoms with E-state index in [1.54, 1.807) is 0 Å². The van der Waals surface area contributed by atoms with Gasteiger partial charge in [0.25, 0.3) is 0 Å². The van der Waals surface area contributed by atoms with Crippen LogP contribution in [0.4, 0.5) is 0 Å². The molecule has 0 aromatic heterocycles. The summed E-state index contributed by atoms with van der Waals surface area (Å²) < 4.78 is 0. The third kappa shape index (κ3) is 2.38. The summed E-state index contributed by atoms with van der Waals surface area (Å²) in [5.74, 6) is 0. The van der Waals surface area contributed by atoms with Gasteiger partial charge < -0.3 is 5.73 Å². The van der Waals surface area contributed by atoms with Crippen molar-refractivity contribution in [3.05, 3.63) is 0 Å². The topological polar surface area (TPSA) is 29.3 Å². The maximum atomic E-state index is 5.72. The van der Waals surface area contributed by atoms with Crippen LogP contribution in [-0.2, 0) is 0 Å². The monoisotopic (exact) mass is 188 g/mol. The fourth-order valence-electron chi connectivity index (χ4n) is 1.64. The lowest BCUT2D eigenvalue weighted by atomic mass is 9.80. The van der Waals surface area contributed by atoms with Crippen molar-refractivity contribution < 1.29 is 0 Å². The molecule has 1 aliphatic rings. The minimum absolute atomic E-state index is 0.388. The van der Waals surface area contributed by atoms with Crippen molar-refractivity contribution in [1.82, 2.24) is 4.90 Å². The van der Waals surface area contributed by atoms with Crippen molar-refractivity contribution in [2.45, 2.75) is 32.1 Å². The normalized spacial score (nSPS) is 27.0. The van der Waals surface area contributed by atoms with E-state index >= 15 is 0 Å². The minimum Gasteiger partial charge on any atom is -0.330 e. The van der Waals surface area contributed by atoms with Crippen LogP contribution in [0.25, 0.3) is 0 Å². The highest BCUT2D eigenvalue weighted by Crippen LogP contribution is 2.30. The molecule has 2 nitrogen and oxygen atoms in total. The van der Waals surface area contributed by atoms with Crippen LogP contribution < -0.4 is 5.73 Å². The summed E-state index contributed by atoms with van der Waals surface area (Å²) in [6.45, 7) is 7.54. The van der Waals surface area contributed by atoms with E-state index in [1.165, 1.54) is 12.8 Å². The van der Waals surface area contributed by atoms with Crippen molar-refractivity contribution in [3.8, 4) is 0 Å². The van der Waals surface area contributed by atoms with E-state index in [-0.39, 0.29) is 0 Å². The van der Waals surface area contributed by atoms with Gasteiger partial charge in [-0.15, -0.1) is 0 Å². The zero-order chi connectivity index (χ0) is 9.19. The molecule has 2 N–H and O–H groups in total. The first-order chi connectivity index (χ1) is 5.57. The smallest absolute Gasteiger partial charge is 0.0499 e. The summed E-state index contributed by atoms with van der Waals surface area (Å²) >= 11 is 4.42. The third-order valence-electron chi connectivity index (χ3n) is 3.03. The van der Waals surface area contributed by atoms with Gasteiger partial charge in [-0.05, 0) is 44.8 Å². The highest BCUT2D eigenvalue weighted by Gasteiger charge is 2.29. The standard InChI is InChI=1S/C9H20N2S/c1-8(12)11-5-3-9(2,7-10)4-6-11/h8,12H,3-7,10H2,1-2H3. The second kappa shape index (κ2) is 3.99. The number of nitrogens with zero attached hydrogens (tertiary/aromatic N) is 1. The molecule has 0 aliphatic carbocycles. The molecule has 72 valence electrons. The van der Waals surface area contributed by atoms with Crippen LogP contribution in [0.15, 0.2) is 0 Å². The molecule has 1 rings (SSSR count). The summed E-state index contributed by atoms with van der Waals surface area (Å²) in [4.78, 5) is 2.40. The molecule has 1 heterocycles. The van der Waals surface area contributed by atoms with Crippen LogP contribution in [0.5, 0.6) is 0 Å². The molecule has 0 bridgehead atoms. The van der Waals surface area contributed by atoms with E-state index in [9.17, 15) is 0 Å². The largest absolute Gasteiger partial charge is 0.330 e. The predicted molar refractivity (Wildman–Crippen MR) is 56.4 cm³/mol. The Hall–Kier alpha value is 0.270. The highest BCUT2D eigenvalue weighted by molar-refractivity contribution is 7.80. The van der Waals surface area contributed by atoms with Crippen molar-refractivity contribution >= 4 is 12.6 Å². The summed E-state index contributed by atoms with van der Waals surface area (Å²) in [6, 6.07) is 0. The molecular formula is C9H20N2S. The average Bonchev–Trinajstić information content (AvgIpc) is 2.05. The van der Waals surface area contributed by atoms with Crippen LogP contribution >= 0.6 is 12.6 Å². The van der Waals surface area contributed by atoms with Crippen LogP contribution in [0.3, 0.4) is 0 Å². The predicted octanol–water partition coefficient (Wildman–Crippen LogP) is 1.32. The first-order valence-corrected chi connectivity index (χ1v) is 5.21. The van der Waals surface area contributed by atoms with Crippen molar-refractivity contribution in [1.29, 1.82) is 0 Å². The molecule has 1 unspecified atom stereocenters. The summed E-state index contributed by atoms with van der Waals surface area (Å²) in [6.07, 6.45) is 2.43. The van der Waals surface area contributed by atoms with Gasteiger partial charge in [0, 0.05) is 5.37 Å². The second-order valence-electron chi connectivity index (χ2n) is 4.18. The number of hydrogen-bond acceptors (Lipinski definition) is 3. The maximum absolute atomic E-state index is 5.72. The molecule has 0 amide bonds. The van der Waals surface area contributed by atoms with Gasteiger partial charge in [-0.2, -0.15) is 12.6 Å². The van der Waals surface area contributed by atoms with Crippen molar-refractivity contribution in [2.24, 2.45) is 11.1 Å². The van der Waals surface area contributed by atoms with Gasteiger partial charge in [-0.1, -0.05) is 6.92 Å². The Balaban J connectivity index is 2.39. The first kappa shape index (κ1) is 10.4. The molecule has 12 heavy (non-hydrogen) atoms. The lowest BCUT2D eigenvalue weighted by Crippen LogP contribution is -2.44. The fraction of sp³-hybridized carbons (Fsp3) is 1.00. The number of thiol groups is 1. The van der Waals surface area contributed by atoms with E-state index < -0.39 is 0 Å². The van der Waals surface area contributed by atoms with Crippen molar-refractivity contribution in [3.63, 3.8) is 0 Å². The average molecular weight is 188 g/mol. The van der Waals surface area contributed by atoms with Crippen LogP contribution in [0, 0.1) is 5.41 Å². The quantitative estimate of drug-likeness (QED) is 0.640. The van der Waals surface area contributed by atoms with E-state index in [0.717, 1.165) is 19.6 Å². The summed E-state index contributed by atoms with van der Waals surface area (Å²) in [7, 11) is 0. The Morgan fingerprint density at radius 1 is 1.50 bits per heavy atom. The lowest BCUT2D eigenvalue weighted by Gasteiger charge is -2.40. The molecular weight excluding hydrogens is 168 g/mol. The Morgan fingerprint density at radius 2 is 2.00 bits per heavy atom. The van der Waals surface area contributed by atoms with E-state index in [1.807, 2.05) is 0 Å². The van der Waals surface area contributed by atoms with Crippen LogP contribution in [-0.4, -0.2) is 29.9 Å². The number of hydrogen-bond donors (Lipinski definition) is 2. The fourth-order valence-corrected chi connectivity index (χ4v) is 1.87. The van der Waals surface area contributed by atoms with Gasteiger partial charge in [-0.3, -0.25) is 4.90 Å². The number of piperidine rings is 1. The first-order valence-electron chi connectivity index (χ1n) is 4.70. The molecule has 1 fully saturated rings. The highest BCUT2D eigenvalue weighted by atomic mass is 32.1. The molecule has 0 aromatic rings. The van der Waals surface area contributed by atoms with Gasteiger partial charge >= 0.3 is 0 Å². The Bertz CT molecular complexity index is 139. The van der Waals surface area contributed by atoms with E-state index in [4.69, 9.17) is 5.73 Å². The maximum Gasteiger partial charge on any atom is 0.0499 e. The molecule has 0 radical (unpaired) electrons. The van der Waals surface area contributed by atoms with Gasteiger partial charge in [0.05, 0.1) is 0 Å². The van der Waals surface area contributed by atoms with Gasteiger partial charge in [-0.25, -0.2) is 0 Å². The Morgan fingerprint density at radius 3 is 2.33 bits per heavy atom.